The molecule has 3 rings (SSSR count). The second-order valence-electron chi connectivity index (χ2n) is 6.14. The van der Waals surface area contributed by atoms with Crippen LogP contribution in [0.2, 0.25) is 0 Å². The molecule has 0 bridgehead atoms. The van der Waals surface area contributed by atoms with Crippen molar-refractivity contribution in [2.45, 2.75) is 39.0 Å². The molecule has 0 spiro atoms. The van der Waals surface area contributed by atoms with Crippen LogP contribution in [0, 0.1) is 11.8 Å². The maximum absolute atomic E-state index is 12.4. The molecule has 2 nitrogen and oxygen atoms in total. The van der Waals surface area contributed by atoms with Crippen LogP contribution < -0.4 is 0 Å². The molecule has 0 radical (unpaired) electrons. The molecule has 0 amide bonds. The highest BCUT2D eigenvalue weighted by Gasteiger charge is 2.36. The molecule has 1 fully saturated rings. The van der Waals surface area contributed by atoms with Crippen molar-refractivity contribution in [1.29, 1.82) is 0 Å². The molecular weight excluding hydrogens is 272 g/mol. The SMILES string of the molecule is CCOC(=O)[C@@H]1C/C=C\C/C(c2ccccc2)=C2/CCC[C@H]21. The number of ether oxygens (including phenoxy) is 1. The van der Waals surface area contributed by atoms with E-state index in [1.807, 2.05) is 6.92 Å². The number of allylic oxidation sites excluding steroid dienone is 4. The molecule has 22 heavy (non-hydrogen) atoms. The van der Waals surface area contributed by atoms with E-state index in [0.717, 1.165) is 25.7 Å². The van der Waals surface area contributed by atoms with E-state index in [1.165, 1.54) is 23.1 Å². The number of rotatable bonds is 3. The van der Waals surface area contributed by atoms with E-state index < -0.39 is 0 Å². The molecule has 0 aliphatic heterocycles. The van der Waals surface area contributed by atoms with Crippen LogP contribution in [0.1, 0.15) is 44.6 Å². The normalized spacial score (nSPS) is 29.3. The van der Waals surface area contributed by atoms with Gasteiger partial charge in [-0.05, 0) is 56.1 Å². The number of hydrogen-bond acceptors (Lipinski definition) is 2. The summed E-state index contributed by atoms with van der Waals surface area (Å²) in [6, 6.07) is 10.6. The standard InChI is InChI=1S/C20H24O2/c1-2-22-20(21)19-12-7-6-11-16(15-9-4-3-5-10-15)17-13-8-14-18(17)19/h3-7,9-10,18-19H,2,8,11-14H2,1H3/b7-6-,17-16+/t18-,19-/m1/s1. The molecule has 0 saturated heterocycles. The van der Waals surface area contributed by atoms with Crippen molar-refractivity contribution < 1.29 is 9.53 Å². The van der Waals surface area contributed by atoms with Crippen LogP contribution >= 0.6 is 0 Å². The molecule has 0 N–H and O–H groups in total. The molecule has 0 heterocycles. The molecule has 1 aromatic carbocycles. The average molecular weight is 296 g/mol. The number of benzene rings is 1. The van der Waals surface area contributed by atoms with E-state index in [-0.39, 0.29) is 11.9 Å². The molecule has 1 aromatic rings. The Balaban J connectivity index is 1.99. The van der Waals surface area contributed by atoms with Crippen molar-refractivity contribution in [2.24, 2.45) is 11.8 Å². The first kappa shape index (κ1) is 15.1. The number of carbonyl (C=O) groups is 1. The molecular formula is C20H24O2. The van der Waals surface area contributed by atoms with Gasteiger partial charge >= 0.3 is 5.97 Å². The van der Waals surface area contributed by atoms with Gasteiger partial charge in [-0.2, -0.15) is 0 Å². The maximum Gasteiger partial charge on any atom is 0.309 e. The fourth-order valence-electron chi connectivity index (χ4n) is 3.88. The third kappa shape index (κ3) is 3.01. The Morgan fingerprint density at radius 3 is 2.82 bits per heavy atom. The van der Waals surface area contributed by atoms with Gasteiger partial charge in [0, 0.05) is 0 Å². The van der Waals surface area contributed by atoms with E-state index in [1.54, 1.807) is 0 Å². The summed E-state index contributed by atoms with van der Waals surface area (Å²) in [5, 5.41) is 0. The lowest BCUT2D eigenvalue weighted by atomic mass is 9.79. The van der Waals surface area contributed by atoms with Gasteiger partial charge in [0.2, 0.25) is 0 Å². The van der Waals surface area contributed by atoms with Crippen molar-refractivity contribution in [3.05, 3.63) is 53.6 Å². The van der Waals surface area contributed by atoms with Gasteiger partial charge in [0.15, 0.2) is 0 Å². The second-order valence-corrected chi connectivity index (χ2v) is 6.14. The molecule has 2 heteroatoms. The van der Waals surface area contributed by atoms with Crippen LogP contribution in [0.25, 0.3) is 5.57 Å². The summed E-state index contributed by atoms with van der Waals surface area (Å²) >= 11 is 0. The van der Waals surface area contributed by atoms with E-state index in [9.17, 15) is 4.79 Å². The number of esters is 1. The summed E-state index contributed by atoms with van der Waals surface area (Å²) in [5.74, 6) is 0.331. The Morgan fingerprint density at radius 2 is 2.05 bits per heavy atom. The summed E-state index contributed by atoms with van der Waals surface area (Å²) in [6.07, 6.45) is 9.60. The van der Waals surface area contributed by atoms with Gasteiger partial charge in [0.05, 0.1) is 12.5 Å². The molecule has 2 aliphatic rings. The van der Waals surface area contributed by atoms with Crippen molar-refractivity contribution in [1.82, 2.24) is 0 Å². The lowest BCUT2D eigenvalue weighted by Gasteiger charge is -2.26. The highest BCUT2D eigenvalue weighted by molar-refractivity contribution is 5.77. The number of carbonyl (C=O) groups excluding carboxylic acids is 1. The second kappa shape index (κ2) is 6.95. The first-order chi connectivity index (χ1) is 10.8. The van der Waals surface area contributed by atoms with Gasteiger partial charge in [-0.25, -0.2) is 0 Å². The van der Waals surface area contributed by atoms with Gasteiger partial charge in [-0.15, -0.1) is 0 Å². The smallest absolute Gasteiger partial charge is 0.309 e. The summed E-state index contributed by atoms with van der Waals surface area (Å²) in [4.78, 5) is 12.4. The van der Waals surface area contributed by atoms with Crippen molar-refractivity contribution in [2.75, 3.05) is 6.61 Å². The van der Waals surface area contributed by atoms with Gasteiger partial charge < -0.3 is 4.74 Å². The Labute approximate surface area is 132 Å². The summed E-state index contributed by atoms with van der Waals surface area (Å²) < 4.78 is 5.33. The third-order valence-electron chi connectivity index (χ3n) is 4.87. The van der Waals surface area contributed by atoms with Crippen molar-refractivity contribution >= 4 is 11.5 Å². The van der Waals surface area contributed by atoms with Gasteiger partial charge in [-0.3, -0.25) is 4.79 Å². The Kier molecular flexibility index (Phi) is 4.77. The minimum absolute atomic E-state index is 0.00675. The minimum atomic E-state index is -0.0224. The van der Waals surface area contributed by atoms with Gasteiger partial charge in [0.25, 0.3) is 0 Å². The first-order valence-corrected chi connectivity index (χ1v) is 8.40. The van der Waals surface area contributed by atoms with Crippen LogP contribution in [-0.2, 0) is 9.53 Å². The Hall–Kier alpha value is -1.83. The van der Waals surface area contributed by atoms with E-state index in [0.29, 0.717) is 12.5 Å². The largest absolute Gasteiger partial charge is 0.466 e. The summed E-state index contributed by atoms with van der Waals surface area (Å²) in [7, 11) is 0. The highest BCUT2D eigenvalue weighted by atomic mass is 16.5. The topological polar surface area (TPSA) is 26.3 Å². The summed E-state index contributed by atoms with van der Waals surface area (Å²) in [5.41, 5.74) is 4.22. The zero-order valence-corrected chi connectivity index (χ0v) is 13.3. The van der Waals surface area contributed by atoms with Gasteiger partial charge in [0.1, 0.15) is 0 Å². The Bertz CT molecular complexity index is 583. The highest BCUT2D eigenvalue weighted by Crippen LogP contribution is 2.44. The first-order valence-electron chi connectivity index (χ1n) is 8.40. The zero-order chi connectivity index (χ0) is 15.4. The van der Waals surface area contributed by atoms with Crippen LogP contribution in [0.15, 0.2) is 48.1 Å². The predicted octanol–water partition coefficient (Wildman–Crippen LogP) is 4.77. The maximum atomic E-state index is 12.4. The zero-order valence-electron chi connectivity index (χ0n) is 13.3. The molecule has 0 aromatic heterocycles. The van der Waals surface area contributed by atoms with Crippen molar-refractivity contribution in [3.63, 3.8) is 0 Å². The molecule has 2 atom stereocenters. The Morgan fingerprint density at radius 1 is 1.23 bits per heavy atom. The lowest BCUT2D eigenvalue weighted by Crippen LogP contribution is -2.26. The lowest BCUT2D eigenvalue weighted by molar-refractivity contribution is -0.149. The fourth-order valence-corrected chi connectivity index (χ4v) is 3.88. The monoisotopic (exact) mass is 296 g/mol. The fraction of sp³-hybridized carbons (Fsp3) is 0.450. The van der Waals surface area contributed by atoms with Crippen LogP contribution in [0.4, 0.5) is 0 Å². The van der Waals surface area contributed by atoms with E-state index in [2.05, 4.69) is 42.5 Å². The molecule has 0 unspecified atom stereocenters. The minimum Gasteiger partial charge on any atom is -0.466 e. The third-order valence-corrected chi connectivity index (χ3v) is 4.87. The quantitative estimate of drug-likeness (QED) is 0.593. The average Bonchev–Trinajstić information content (AvgIpc) is 2.97. The van der Waals surface area contributed by atoms with E-state index in [4.69, 9.17) is 4.74 Å². The number of fused-ring (bicyclic) bond motifs is 1. The van der Waals surface area contributed by atoms with Gasteiger partial charge in [-0.1, -0.05) is 48.1 Å². The molecule has 2 aliphatic carbocycles. The van der Waals surface area contributed by atoms with Crippen molar-refractivity contribution in [3.8, 4) is 0 Å². The molecule has 116 valence electrons. The molecule has 1 saturated carbocycles. The van der Waals surface area contributed by atoms with Crippen LogP contribution in [-0.4, -0.2) is 12.6 Å². The van der Waals surface area contributed by atoms with Crippen LogP contribution in [0.5, 0.6) is 0 Å². The number of hydrogen-bond donors (Lipinski definition) is 0. The summed E-state index contributed by atoms with van der Waals surface area (Å²) in [6.45, 7) is 2.35. The van der Waals surface area contributed by atoms with Crippen LogP contribution in [0.3, 0.4) is 0 Å². The van der Waals surface area contributed by atoms with E-state index >= 15 is 0 Å². The predicted molar refractivity (Wildman–Crippen MR) is 89.2 cm³/mol.